The minimum atomic E-state index is -3.50. The number of aromatic nitrogens is 2. The lowest BCUT2D eigenvalue weighted by Gasteiger charge is -2.20. The third-order valence-corrected chi connectivity index (χ3v) is 7.29. The number of hydrogen-bond acceptors (Lipinski definition) is 7. The molecule has 1 fully saturated rings. The molecule has 24 heavy (non-hydrogen) atoms. The van der Waals surface area contributed by atoms with E-state index in [1.165, 1.54) is 15.6 Å². The van der Waals surface area contributed by atoms with E-state index in [4.69, 9.17) is 4.52 Å². The summed E-state index contributed by atoms with van der Waals surface area (Å²) in [5, 5.41) is 8.87. The molecule has 0 radical (unpaired) electrons. The number of rotatable bonds is 6. The van der Waals surface area contributed by atoms with Gasteiger partial charge in [0.05, 0.1) is 0 Å². The fourth-order valence-electron chi connectivity index (χ4n) is 2.66. The molecule has 2 unspecified atom stereocenters. The van der Waals surface area contributed by atoms with Crippen LogP contribution in [0.2, 0.25) is 0 Å². The zero-order chi connectivity index (χ0) is 16.4. The van der Waals surface area contributed by atoms with Gasteiger partial charge < -0.3 is 9.84 Å². The monoisotopic (exact) mass is 392 g/mol. The van der Waals surface area contributed by atoms with Gasteiger partial charge in [0.25, 0.3) is 10.0 Å². The first-order chi connectivity index (χ1) is 11.0. The molecular formula is C14H21ClN4O3S2. The maximum atomic E-state index is 12.7. The third-order valence-electron chi connectivity index (χ3n) is 4.01. The van der Waals surface area contributed by atoms with Crippen molar-refractivity contribution in [2.45, 2.75) is 42.5 Å². The normalized spacial score (nSPS) is 20.0. The Labute approximate surface area is 151 Å². The Hall–Kier alpha value is -1.00. The molecular weight excluding hydrogens is 372 g/mol. The Morgan fingerprint density at radius 2 is 2.33 bits per heavy atom. The first kappa shape index (κ1) is 19.3. The molecule has 3 rings (SSSR count). The molecule has 0 saturated carbocycles. The van der Waals surface area contributed by atoms with Crippen LogP contribution in [0.5, 0.6) is 0 Å². The summed E-state index contributed by atoms with van der Waals surface area (Å²) in [5.74, 6) is 0.989. The summed E-state index contributed by atoms with van der Waals surface area (Å²) in [4.78, 5) is 4.40. The van der Waals surface area contributed by atoms with Gasteiger partial charge in [0, 0.05) is 19.0 Å². The van der Waals surface area contributed by atoms with Crippen LogP contribution in [-0.4, -0.2) is 42.5 Å². The summed E-state index contributed by atoms with van der Waals surface area (Å²) in [6.45, 7) is 2.51. The van der Waals surface area contributed by atoms with E-state index in [-0.39, 0.29) is 24.5 Å². The maximum absolute atomic E-state index is 12.7. The summed E-state index contributed by atoms with van der Waals surface area (Å²) in [6, 6.07) is 3.23. The highest BCUT2D eigenvalue weighted by Crippen LogP contribution is 2.36. The molecule has 0 aromatic carbocycles. The average Bonchev–Trinajstić information content (AvgIpc) is 3.26. The van der Waals surface area contributed by atoms with Crippen molar-refractivity contribution in [2.24, 2.45) is 0 Å². The predicted molar refractivity (Wildman–Crippen MR) is 94.0 cm³/mol. The van der Waals surface area contributed by atoms with Gasteiger partial charge in [-0.3, -0.25) is 0 Å². The second kappa shape index (κ2) is 7.92. The lowest BCUT2D eigenvalue weighted by Crippen LogP contribution is -2.30. The number of likely N-dealkylation sites (N-methyl/N-ethyl adjacent to an activating group) is 1. The van der Waals surface area contributed by atoms with Crippen molar-refractivity contribution in [3.8, 4) is 0 Å². The van der Waals surface area contributed by atoms with Crippen LogP contribution in [0.15, 0.2) is 26.2 Å². The Morgan fingerprint density at radius 3 is 3.00 bits per heavy atom. The number of nitrogens with zero attached hydrogens (tertiary/aromatic N) is 3. The SMILES string of the molecule is CNC(C)Cc1noc(C2CCCN2S(=O)(=O)c2cccs2)n1.Cl. The van der Waals surface area contributed by atoms with Crippen molar-refractivity contribution >= 4 is 33.8 Å². The van der Waals surface area contributed by atoms with Crippen LogP contribution >= 0.6 is 23.7 Å². The number of halogens is 1. The molecule has 1 saturated heterocycles. The second-order valence-electron chi connectivity index (χ2n) is 5.65. The molecule has 0 aliphatic carbocycles. The number of sulfonamides is 1. The number of nitrogens with one attached hydrogen (secondary N) is 1. The lowest BCUT2D eigenvalue weighted by atomic mass is 10.2. The highest BCUT2D eigenvalue weighted by atomic mass is 35.5. The van der Waals surface area contributed by atoms with Crippen molar-refractivity contribution in [1.29, 1.82) is 0 Å². The van der Waals surface area contributed by atoms with Gasteiger partial charge in [-0.15, -0.1) is 23.7 Å². The van der Waals surface area contributed by atoms with Crippen molar-refractivity contribution in [1.82, 2.24) is 19.8 Å². The Balaban J connectivity index is 0.00000208. The predicted octanol–water partition coefficient (Wildman–Crippen LogP) is 2.23. The van der Waals surface area contributed by atoms with Crippen LogP contribution in [0.3, 0.4) is 0 Å². The molecule has 2 aromatic rings. The summed E-state index contributed by atoms with van der Waals surface area (Å²) in [7, 11) is -1.63. The van der Waals surface area contributed by atoms with Crippen molar-refractivity contribution in [3.63, 3.8) is 0 Å². The number of thiophene rings is 1. The third kappa shape index (κ3) is 3.80. The van der Waals surface area contributed by atoms with E-state index in [0.717, 1.165) is 6.42 Å². The zero-order valence-corrected chi connectivity index (χ0v) is 16.0. The first-order valence-corrected chi connectivity index (χ1v) is 9.89. The van der Waals surface area contributed by atoms with Crippen molar-refractivity contribution < 1.29 is 12.9 Å². The molecule has 0 bridgehead atoms. The van der Waals surface area contributed by atoms with Crippen LogP contribution in [0.4, 0.5) is 0 Å². The van der Waals surface area contributed by atoms with E-state index in [1.54, 1.807) is 17.5 Å². The van der Waals surface area contributed by atoms with Crippen LogP contribution in [0, 0.1) is 0 Å². The van der Waals surface area contributed by atoms with Gasteiger partial charge in [0.2, 0.25) is 5.89 Å². The van der Waals surface area contributed by atoms with E-state index < -0.39 is 10.0 Å². The van der Waals surface area contributed by atoms with Crippen LogP contribution in [0.25, 0.3) is 0 Å². The average molecular weight is 393 g/mol. The molecule has 1 N–H and O–H groups in total. The van der Waals surface area contributed by atoms with Gasteiger partial charge in [-0.05, 0) is 38.3 Å². The van der Waals surface area contributed by atoms with E-state index in [0.29, 0.717) is 35.3 Å². The Kier molecular flexibility index (Phi) is 6.38. The van der Waals surface area contributed by atoms with Crippen LogP contribution in [-0.2, 0) is 16.4 Å². The minimum absolute atomic E-state index is 0. The van der Waals surface area contributed by atoms with Gasteiger partial charge >= 0.3 is 0 Å². The standard InChI is InChI=1S/C14H20N4O3S2.ClH/c1-10(15-2)9-12-16-14(21-17-12)11-5-3-7-18(11)23(19,20)13-6-4-8-22-13;/h4,6,8,10-11,15H,3,5,7,9H2,1-2H3;1H. The van der Waals surface area contributed by atoms with Crippen molar-refractivity contribution in [3.05, 3.63) is 29.2 Å². The van der Waals surface area contributed by atoms with Gasteiger partial charge in [0.15, 0.2) is 5.82 Å². The van der Waals surface area contributed by atoms with E-state index in [1.807, 2.05) is 14.0 Å². The summed E-state index contributed by atoms with van der Waals surface area (Å²) < 4.78 is 32.7. The zero-order valence-electron chi connectivity index (χ0n) is 13.5. The molecule has 10 heteroatoms. The first-order valence-electron chi connectivity index (χ1n) is 7.57. The molecule has 3 heterocycles. The fraction of sp³-hybridized carbons (Fsp3) is 0.571. The Bertz CT molecular complexity index is 748. The molecule has 134 valence electrons. The molecule has 7 nitrogen and oxygen atoms in total. The Morgan fingerprint density at radius 1 is 1.54 bits per heavy atom. The van der Waals surface area contributed by atoms with Gasteiger partial charge in [0.1, 0.15) is 10.3 Å². The largest absolute Gasteiger partial charge is 0.338 e. The van der Waals surface area contributed by atoms with E-state index in [2.05, 4.69) is 15.5 Å². The van der Waals surface area contributed by atoms with E-state index in [9.17, 15) is 8.42 Å². The smallest absolute Gasteiger partial charge is 0.253 e. The maximum Gasteiger partial charge on any atom is 0.253 e. The van der Waals surface area contributed by atoms with E-state index >= 15 is 0 Å². The topological polar surface area (TPSA) is 88.3 Å². The second-order valence-corrected chi connectivity index (χ2v) is 8.71. The summed E-state index contributed by atoms with van der Waals surface area (Å²) in [5.41, 5.74) is 0. The van der Waals surface area contributed by atoms with Gasteiger partial charge in [-0.25, -0.2) is 8.42 Å². The molecule has 0 spiro atoms. The lowest BCUT2D eigenvalue weighted by molar-refractivity contribution is 0.289. The number of hydrogen-bond donors (Lipinski definition) is 1. The quantitative estimate of drug-likeness (QED) is 0.810. The highest BCUT2D eigenvalue weighted by Gasteiger charge is 2.39. The van der Waals surface area contributed by atoms with Crippen LogP contribution < -0.4 is 5.32 Å². The summed E-state index contributed by atoms with van der Waals surface area (Å²) in [6.07, 6.45) is 2.14. The molecule has 0 amide bonds. The minimum Gasteiger partial charge on any atom is -0.338 e. The van der Waals surface area contributed by atoms with Gasteiger partial charge in [-0.2, -0.15) is 9.29 Å². The summed E-state index contributed by atoms with van der Waals surface area (Å²) >= 11 is 1.23. The van der Waals surface area contributed by atoms with Gasteiger partial charge in [-0.1, -0.05) is 11.2 Å². The van der Waals surface area contributed by atoms with Crippen LogP contribution in [0.1, 0.15) is 37.5 Å². The van der Waals surface area contributed by atoms with Crippen molar-refractivity contribution in [2.75, 3.05) is 13.6 Å². The fourth-order valence-corrected chi connectivity index (χ4v) is 5.43. The molecule has 1 aliphatic rings. The molecule has 2 atom stereocenters. The highest BCUT2D eigenvalue weighted by molar-refractivity contribution is 7.91. The molecule has 1 aliphatic heterocycles. The molecule has 2 aromatic heterocycles.